The molecule has 0 aromatic heterocycles. The van der Waals surface area contributed by atoms with Gasteiger partial charge in [-0.15, -0.1) is 0 Å². The number of nitrogens with zero attached hydrogens (tertiary/aromatic N) is 3. The molecule has 1 fully saturated rings. The van der Waals surface area contributed by atoms with Gasteiger partial charge in [0.05, 0.1) is 13.2 Å². The van der Waals surface area contributed by atoms with Gasteiger partial charge in [-0.25, -0.2) is 0 Å². The van der Waals surface area contributed by atoms with Gasteiger partial charge in [-0.3, -0.25) is 10.1 Å². The van der Waals surface area contributed by atoms with Crippen LogP contribution < -0.4 is 0 Å². The normalized spacial score (nSPS) is 19.5. The standard InChI is InChI=1S/C7H9N3O5/c1-7(2-14-3-7)4-15-6(11)5(9-8)10(12)13/h2-4H2,1H3/p+1. The van der Waals surface area contributed by atoms with Crippen molar-refractivity contribution in [1.82, 2.24) is 0 Å². The van der Waals surface area contributed by atoms with E-state index >= 15 is 0 Å². The number of nitro groups is 1. The maximum Gasteiger partial charge on any atom is 0.747 e. The average Bonchev–Trinajstić information content (AvgIpc) is 2.12. The van der Waals surface area contributed by atoms with Crippen LogP contribution >= 0.6 is 0 Å². The Morgan fingerprint density at radius 3 is 2.73 bits per heavy atom. The molecule has 15 heavy (non-hydrogen) atoms. The van der Waals surface area contributed by atoms with Gasteiger partial charge in [0.15, 0.2) is 4.92 Å². The molecule has 0 saturated carbocycles. The highest BCUT2D eigenvalue weighted by molar-refractivity contribution is 4.99. The molecule has 82 valence electrons. The summed E-state index contributed by atoms with van der Waals surface area (Å²) in [5.74, 6) is -2.12. The van der Waals surface area contributed by atoms with Crippen LogP contribution in [0, 0.1) is 20.9 Å². The summed E-state index contributed by atoms with van der Waals surface area (Å²) in [5.41, 5.74) is -0.259. The van der Waals surface area contributed by atoms with Crippen LogP contribution in [0.3, 0.4) is 0 Å². The average molecular weight is 216 g/mol. The molecular formula is C7H10N3O5+. The third-order valence-electron chi connectivity index (χ3n) is 1.92. The summed E-state index contributed by atoms with van der Waals surface area (Å²) in [7, 11) is 0. The Morgan fingerprint density at radius 2 is 2.40 bits per heavy atom. The lowest BCUT2D eigenvalue weighted by Crippen LogP contribution is -2.43. The number of rotatable bonds is 4. The zero-order valence-corrected chi connectivity index (χ0v) is 8.04. The summed E-state index contributed by atoms with van der Waals surface area (Å²) >= 11 is 0. The molecule has 0 amide bonds. The first kappa shape index (κ1) is 11.2. The zero-order valence-electron chi connectivity index (χ0n) is 8.04. The third kappa shape index (κ3) is 2.54. The molecule has 0 aromatic carbocycles. The minimum absolute atomic E-state index is 0.0612. The van der Waals surface area contributed by atoms with Crippen LogP contribution in [0.25, 0.3) is 4.98 Å². The van der Waals surface area contributed by atoms with E-state index in [4.69, 9.17) is 20.0 Å². The molecule has 1 heterocycles. The van der Waals surface area contributed by atoms with E-state index in [-0.39, 0.29) is 12.0 Å². The van der Waals surface area contributed by atoms with Gasteiger partial charge < -0.3 is 14.6 Å². The topological polar surface area (TPSA) is 110 Å². The monoisotopic (exact) mass is 216 g/mol. The van der Waals surface area contributed by atoms with Crippen molar-refractivity contribution in [1.29, 1.82) is 5.39 Å². The molecule has 8 heteroatoms. The summed E-state index contributed by atoms with van der Waals surface area (Å²) in [6.45, 7) is 2.83. The summed E-state index contributed by atoms with van der Waals surface area (Å²) < 4.78 is 9.64. The lowest BCUT2D eigenvalue weighted by molar-refractivity contribution is -0.425. The minimum atomic E-state index is -1.11. The first-order chi connectivity index (χ1) is 6.98. The van der Waals surface area contributed by atoms with Crippen LogP contribution in [-0.2, 0) is 9.47 Å². The molecule has 0 unspecified atom stereocenters. The van der Waals surface area contributed by atoms with Crippen molar-refractivity contribution in [2.24, 2.45) is 5.41 Å². The van der Waals surface area contributed by atoms with E-state index in [1.807, 2.05) is 6.92 Å². The smallest absolute Gasteiger partial charge is 0.470 e. The van der Waals surface area contributed by atoms with E-state index in [2.05, 4.69) is 4.98 Å². The molecule has 8 nitrogen and oxygen atoms in total. The van der Waals surface area contributed by atoms with Crippen LogP contribution in [0.1, 0.15) is 6.92 Å². The van der Waals surface area contributed by atoms with E-state index < -0.39 is 16.7 Å². The van der Waals surface area contributed by atoms with Crippen LogP contribution in [-0.4, -0.2) is 29.9 Å². The minimum Gasteiger partial charge on any atom is -0.470 e. The number of diazo groups is 1. The SMILES string of the molecule is CC1(COC(O)=C([N+]#N)[N+](=O)[O-])COC1. The van der Waals surface area contributed by atoms with Crippen molar-refractivity contribution in [2.75, 3.05) is 19.8 Å². The van der Waals surface area contributed by atoms with Crippen LogP contribution in [0.5, 0.6) is 0 Å². The zero-order chi connectivity index (χ0) is 11.5. The van der Waals surface area contributed by atoms with Crippen molar-refractivity contribution < 1.29 is 19.5 Å². The first-order valence-electron chi connectivity index (χ1n) is 4.12. The number of hydrogen-bond donors (Lipinski definition) is 1. The summed E-state index contributed by atoms with van der Waals surface area (Å²) in [4.78, 5) is 11.5. The van der Waals surface area contributed by atoms with Crippen LogP contribution in [0.2, 0.25) is 0 Å². The lowest BCUT2D eigenvalue weighted by Gasteiger charge is -2.36. The summed E-state index contributed by atoms with van der Waals surface area (Å²) in [5, 5.41) is 27.5. The fraction of sp³-hybridized carbons (Fsp3) is 0.714. The van der Waals surface area contributed by atoms with Crippen LogP contribution in [0.4, 0.5) is 0 Å². The maximum atomic E-state index is 10.2. The van der Waals surface area contributed by atoms with Crippen molar-refractivity contribution in [3.8, 4) is 0 Å². The molecule has 0 radical (unpaired) electrons. The van der Waals surface area contributed by atoms with E-state index in [0.717, 1.165) is 0 Å². The maximum absolute atomic E-state index is 10.2. The van der Waals surface area contributed by atoms with Crippen molar-refractivity contribution in [3.63, 3.8) is 0 Å². The summed E-state index contributed by atoms with van der Waals surface area (Å²) in [6.07, 6.45) is 0. The van der Waals surface area contributed by atoms with Crippen molar-refractivity contribution in [2.45, 2.75) is 6.92 Å². The molecule has 1 aliphatic heterocycles. The van der Waals surface area contributed by atoms with Gasteiger partial charge in [-0.2, -0.15) is 0 Å². The highest BCUT2D eigenvalue weighted by Gasteiger charge is 2.39. The lowest BCUT2D eigenvalue weighted by atomic mass is 9.90. The fourth-order valence-corrected chi connectivity index (χ4v) is 0.998. The molecule has 0 aliphatic carbocycles. The van der Waals surface area contributed by atoms with Gasteiger partial charge >= 0.3 is 11.8 Å². The van der Waals surface area contributed by atoms with Crippen molar-refractivity contribution >= 4 is 0 Å². The fourth-order valence-electron chi connectivity index (χ4n) is 0.998. The quantitative estimate of drug-likeness (QED) is 0.323. The molecule has 1 aliphatic rings. The Bertz CT molecular complexity index is 341. The van der Waals surface area contributed by atoms with E-state index in [9.17, 15) is 10.1 Å². The molecule has 0 atom stereocenters. The predicted molar refractivity (Wildman–Crippen MR) is 46.6 cm³/mol. The Labute approximate surface area is 84.9 Å². The Balaban J connectivity index is 2.57. The molecule has 1 saturated heterocycles. The number of aliphatic hydroxyl groups excluding tert-OH is 1. The Hall–Kier alpha value is -1.88. The third-order valence-corrected chi connectivity index (χ3v) is 1.92. The Kier molecular flexibility index (Phi) is 3.06. The molecule has 0 bridgehead atoms. The van der Waals surface area contributed by atoms with Gasteiger partial charge in [-0.1, -0.05) is 6.92 Å². The van der Waals surface area contributed by atoms with Crippen molar-refractivity contribution in [3.05, 3.63) is 26.9 Å². The first-order valence-corrected chi connectivity index (χ1v) is 4.12. The van der Waals surface area contributed by atoms with Gasteiger partial charge in [0, 0.05) is 5.41 Å². The van der Waals surface area contributed by atoms with Crippen LogP contribution in [0.15, 0.2) is 11.8 Å². The molecule has 0 spiro atoms. The van der Waals surface area contributed by atoms with E-state index in [0.29, 0.717) is 13.2 Å². The predicted octanol–water partition coefficient (Wildman–Crippen LogP) is 0.854. The highest BCUT2D eigenvalue weighted by Crippen LogP contribution is 2.27. The second kappa shape index (κ2) is 4.10. The van der Waals surface area contributed by atoms with Gasteiger partial charge in [0.2, 0.25) is 5.39 Å². The second-order valence-corrected chi connectivity index (χ2v) is 3.58. The van der Waals surface area contributed by atoms with E-state index in [1.165, 1.54) is 0 Å². The number of hydrogen-bond acceptors (Lipinski definition) is 6. The molecule has 1 N–H and O–H groups in total. The number of aliphatic hydroxyl groups is 1. The Morgan fingerprint density at radius 1 is 1.80 bits per heavy atom. The molecule has 1 rings (SSSR count). The molecule has 0 aromatic rings. The van der Waals surface area contributed by atoms with E-state index in [1.54, 1.807) is 0 Å². The number of ether oxygens (including phenoxy) is 2. The summed E-state index contributed by atoms with van der Waals surface area (Å²) in [6, 6.07) is 0. The second-order valence-electron chi connectivity index (χ2n) is 3.58. The highest BCUT2D eigenvalue weighted by atomic mass is 16.6. The van der Waals surface area contributed by atoms with Gasteiger partial charge in [0.1, 0.15) is 6.61 Å². The molecular weight excluding hydrogens is 206 g/mol. The van der Waals surface area contributed by atoms with Gasteiger partial charge in [0.25, 0.3) is 4.98 Å². The van der Waals surface area contributed by atoms with Gasteiger partial charge in [-0.05, 0) is 0 Å². The largest absolute Gasteiger partial charge is 0.747 e.